The number of esters is 2. The number of likely N-dealkylation sites (N-methyl/N-ethyl adjacent to an activating group) is 2. The predicted octanol–water partition coefficient (Wildman–Crippen LogP) is 3.54. The molecule has 0 radical (unpaired) electrons. The van der Waals surface area contributed by atoms with Gasteiger partial charge in [-0.2, -0.15) is 5.06 Å². The van der Waals surface area contributed by atoms with E-state index in [1.807, 2.05) is 78.9 Å². The van der Waals surface area contributed by atoms with Gasteiger partial charge < -0.3 is 39.2 Å². The second-order valence-corrected chi connectivity index (χ2v) is 18.9. The number of nitrogens with one attached hydrogen (secondary N) is 1. The molecule has 64 heavy (non-hydrogen) atoms. The van der Waals surface area contributed by atoms with E-state index in [-0.39, 0.29) is 38.1 Å². The lowest BCUT2D eigenvalue weighted by Gasteiger charge is -2.50. The van der Waals surface area contributed by atoms with Gasteiger partial charge in [-0.1, -0.05) is 78.9 Å². The molecule has 3 aromatic rings. The number of amides is 3. The number of rotatable bonds is 14. The summed E-state index contributed by atoms with van der Waals surface area (Å²) in [6, 6.07) is 21.6. The number of ether oxygens (including phenoxy) is 4. The van der Waals surface area contributed by atoms with Crippen molar-refractivity contribution in [3.8, 4) is 0 Å². The Labute approximate surface area is 373 Å². The molecule has 8 atom stereocenters. The molecule has 2 aliphatic carbocycles. The fourth-order valence-electron chi connectivity index (χ4n) is 9.93. The molecule has 0 unspecified atom stereocenters. The number of hydrogen-bond acceptors (Lipinski definition) is 12. The highest BCUT2D eigenvalue weighted by molar-refractivity contribution is 5.96. The molecule has 3 aromatic carbocycles. The van der Waals surface area contributed by atoms with Crippen LogP contribution in [-0.2, 0) is 73.6 Å². The lowest BCUT2D eigenvalue weighted by atomic mass is 9.62. The van der Waals surface area contributed by atoms with Crippen LogP contribution in [0.1, 0.15) is 67.9 Å². The van der Waals surface area contributed by atoms with Gasteiger partial charge in [0.15, 0.2) is 11.8 Å². The summed E-state index contributed by atoms with van der Waals surface area (Å²) in [5, 5.41) is 14.8. The number of aliphatic hydroxyl groups is 1. The van der Waals surface area contributed by atoms with Gasteiger partial charge in [0.05, 0.1) is 19.2 Å². The normalized spacial score (nSPS) is 26.2. The van der Waals surface area contributed by atoms with Crippen molar-refractivity contribution in [2.75, 3.05) is 27.7 Å². The number of benzene rings is 3. The van der Waals surface area contributed by atoms with Gasteiger partial charge in [-0.25, -0.2) is 0 Å². The van der Waals surface area contributed by atoms with Gasteiger partial charge in [0.25, 0.3) is 0 Å². The van der Waals surface area contributed by atoms with Gasteiger partial charge in [-0.15, -0.1) is 0 Å². The lowest BCUT2D eigenvalue weighted by Crippen LogP contribution is -2.70. The largest absolute Gasteiger partial charge is 0.460 e. The standard InChI is InChI=1S/C49H58N4O11/c1-47(2,3)61-39(56)22-20-35(29-54)50-44(57)36(24-30-13-8-7-9-14-30)52(6)46(59)49-27-37-40-41(63-48(62-40)25-33-17-10-11-18-34(33)26-48)43(49)64-53(42(49)45(58)60-37)28-32-16-12-15-31(23-32)19-21-38(55)51(4)5/h7-19,21,23,35-37,40-43,54H,20,22,24-29H2,1-6H3,(H,50,57)/t35-,36+,37+,40-,41-,42-,43+,49-/m0/s1. The predicted molar refractivity (Wildman–Crippen MR) is 232 cm³/mol. The average Bonchev–Trinajstić information content (AvgIpc) is 3.93. The van der Waals surface area contributed by atoms with Gasteiger partial charge in [-0.05, 0) is 61.1 Å². The van der Waals surface area contributed by atoms with Crippen molar-refractivity contribution in [3.63, 3.8) is 0 Å². The van der Waals surface area contributed by atoms with E-state index in [0.717, 1.165) is 27.8 Å². The number of aliphatic hydroxyl groups excluding tert-OH is 1. The second kappa shape index (κ2) is 17.8. The van der Waals surface area contributed by atoms with Gasteiger partial charge in [0, 0.05) is 59.3 Å². The van der Waals surface area contributed by atoms with Crippen molar-refractivity contribution in [1.82, 2.24) is 20.2 Å². The Bertz CT molecular complexity index is 2270. The van der Waals surface area contributed by atoms with Gasteiger partial charge in [-0.3, -0.25) is 28.8 Å². The third-order valence-corrected chi connectivity index (χ3v) is 12.9. The highest BCUT2D eigenvalue weighted by Gasteiger charge is 2.77. The minimum absolute atomic E-state index is 0.0470. The van der Waals surface area contributed by atoms with Crippen molar-refractivity contribution < 1.29 is 52.9 Å². The third-order valence-electron chi connectivity index (χ3n) is 12.9. The van der Waals surface area contributed by atoms with Crippen LogP contribution in [0.5, 0.6) is 0 Å². The molecule has 3 heterocycles. The van der Waals surface area contributed by atoms with E-state index >= 15 is 4.79 Å². The second-order valence-electron chi connectivity index (χ2n) is 18.9. The number of fused-ring (bicyclic) bond motifs is 5. The third kappa shape index (κ3) is 8.96. The summed E-state index contributed by atoms with van der Waals surface area (Å²) in [6.07, 6.45) is 0.875. The van der Waals surface area contributed by atoms with Crippen LogP contribution < -0.4 is 5.32 Å². The Morgan fingerprint density at radius 2 is 1.61 bits per heavy atom. The summed E-state index contributed by atoms with van der Waals surface area (Å²) < 4.78 is 25.5. The fraction of sp³-hybridized carbons (Fsp3) is 0.490. The number of carbonyl (C=O) groups is 5. The molecule has 2 bridgehead atoms. The maximum atomic E-state index is 15.8. The Morgan fingerprint density at radius 1 is 0.938 bits per heavy atom. The van der Waals surface area contributed by atoms with Crippen LogP contribution in [0, 0.1) is 5.41 Å². The van der Waals surface area contributed by atoms with E-state index in [4.69, 9.17) is 23.8 Å². The van der Waals surface area contributed by atoms with E-state index < -0.39 is 89.7 Å². The first-order valence-electron chi connectivity index (χ1n) is 22.0. The van der Waals surface area contributed by atoms with Crippen LogP contribution in [0.15, 0.2) is 84.9 Å². The zero-order chi connectivity index (χ0) is 45.6. The van der Waals surface area contributed by atoms with E-state index in [9.17, 15) is 24.3 Å². The van der Waals surface area contributed by atoms with Crippen LogP contribution in [0.3, 0.4) is 0 Å². The molecular weight excluding hydrogens is 821 g/mol. The fourth-order valence-corrected chi connectivity index (χ4v) is 9.93. The summed E-state index contributed by atoms with van der Waals surface area (Å²) in [5.41, 5.74) is 2.15. The molecule has 2 N–H and O–H groups in total. The van der Waals surface area contributed by atoms with Crippen LogP contribution in [0.25, 0.3) is 6.08 Å². The number of hydrogen-bond donors (Lipinski definition) is 2. The highest BCUT2D eigenvalue weighted by Crippen LogP contribution is 2.59. The molecule has 15 nitrogen and oxygen atoms in total. The van der Waals surface area contributed by atoms with Crippen molar-refractivity contribution in [2.24, 2.45) is 5.41 Å². The summed E-state index contributed by atoms with van der Waals surface area (Å²) in [6.45, 7) is 4.91. The molecule has 3 saturated heterocycles. The average molecular weight is 879 g/mol. The minimum atomic E-state index is -1.59. The highest BCUT2D eigenvalue weighted by atomic mass is 16.8. The van der Waals surface area contributed by atoms with Gasteiger partial charge in [0.1, 0.15) is 41.5 Å². The number of hydroxylamine groups is 2. The summed E-state index contributed by atoms with van der Waals surface area (Å²) in [7, 11) is 4.89. The Balaban J connectivity index is 1.13. The first-order chi connectivity index (χ1) is 30.5. The maximum absolute atomic E-state index is 15.8. The molecule has 340 valence electrons. The molecule has 1 spiro atoms. The summed E-state index contributed by atoms with van der Waals surface area (Å²) >= 11 is 0. The topological polar surface area (TPSA) is 173 Å². The molecule has 8 rings (SSSR count). The molecule has 0 aromatic heterocycles. The van der Waals surface area contributed by atoms with Crippen LogP contribution >= 0.6 is 0 Å². The van der Waals surface area contributed by atoms with Crippen molar-refractivity contribution in [1.29, 1.82) is 0 Å². The van der Waals surface area contributed by atoms with E-state index in [0.29, 0.717) is 12.8 Å². The number of carbonyl (C=O) groups excluding carboxylic acids is 5. The Morgan fingerprint density at radius 3 is 2.28 bits per heavy atom. The first kappa shape index (κ1) is 45.1. The Hall–Kier alpha value is -5.45. The van der Waals surface area contributed by atoms with Crippen LogP contribution in [0.2, 0.25) is 0 Å². The minimum Gasteiger partial charge on any atom is -0.460 e. The van der Waals surface area contributed by atoms with Gasteiger partial charge >= 0.3 is 11.9 Å². The maximum Gasteiger partial charge on any atom is 0.327 e. The van der Waals surface area contributed by atoms with Crippen LogP contribution in [0.4, 0.5) is 0 Å². The van der Waals surface area contributed by atoms with E-state index in [2.05, 4.69) is 5.32 Å². The zero-order valence-corrected chi connectivity index (χ0v) is 37.2. The molecule has 3 aliphatic heterocycles. The molecule has 15 heteroatoms. The monoisotopic (exact) mass is 878 g/mol. The number of nitrogens with zero attached hydrogens (tertiary/aromatic N) is 3. The molecule has 3 amide bonds. The van der Waals surface area contributed by atoms with Crippen LogP contribution in [-0.4, -0.2) is 131 Å². The zero-order valence-electron chi connectivity index (χ0n) is 37.2. The Kier molecular flexibility index (Phi) is 12.6. The summed E-state index contributed by atoms with van der Waals surface area (Å²) in [5.74, 6) is -3.42. The SMILES string of the molecule is CN(C)C(=O)C=Cc1cccc(CN2O[C@@H]3[C@H]4OC5(Cc6ccccc6C5)O[C@H]4[C@H]4C[C@]3(C(=O)N(C)[C@H](Cc3ccccc3)C(=O)N[C@H](CO)CCC(=O)OC(C)(C)C)[C@@H]2C(=O)O4)c1. The van der Waals surface area contributed by atoms with Crippen molar-refractivity contribution >= 4 is 35.7 Å². The lowest BCUT2D eigenvalue weighted by molar-refractivity contribution is -0.218. The quantitative estimate of drug-likeness (QED) is 0.179. The summed E-state index contributed by atoms with van der Waals surface area (Å²) in [4.78, 5) is 79.6. The molecule has 5 aliphatic rings. The first-order valence-corrected chi connectivity index (χ1v) is 22.0. The smallest absolute Gasteiger partial charge is 0.327 e. The van der Waals surface area contributed by atoms with E-state index in [1.165, 1.54) is 20.9 Å². The van der Waals surface area contributed by atoms with Crippen molar-refractivity contribution in [3.05, 3.63) is 113 Å². The van der Waals surface area contributed by atoms with E-state index in [1.54, 1.807) is 48.0 Å². The molecule has 1 saturated carbocycles. The molecular formula is C49H58N4O11. The van der Waals surface area contributed by atoms with Gasteiger partial charge in [0.2, 0.25) is 17.7 Å². The van der Waals surface area contributed by atoms with Crippen molar-refractivity contribution in [2.45, 2.75) is 120 Å². The molecule has 4 fully saturated rings.